The fourth-order valence-electron chi connectivity index (χ4n) is 4.95. The molecule has 0 saturated heterocycles. The predicted octanol–water partition coefficient (Wildman–Crippen LogP) is 6.41. The molecule has 42 heavy (non-hydrogen) atoms. The molecule has 0 spiro atoms. The number of nitrogens with one attached hydrogen (secondary N) is 2. The van der Waals surface area contributed by atoms with Crippen LogP contribution in [0.3, 0.4) is 0 Å². The Bertz CT molecular complexity index is 1730. The molecule has 2 atom stereocenters. The van der Waals surface area contributed by atoms with Crippen LogP contribution < -0.4 is 10.6 Å². The maximum Gasteiger partial charge on any atom is 0.252 e. The summed E-state index contributed by atoms with van der Waals surface area (Å²) < 4.78 is 0. The minimum Gasteiger partial charge on any atom is -0.391 e. The first-order chi connectivity index (χ1) is 20.2. The SMILES string of the molecule is CC(C)(C)NC(=O)c1ccccc1C[C@@H](O)C(CSc1ccc2ccccc2c1)NC(=O)c1cccc2cnccc12. The number of hydrogen-bond acceptors (Lipinski definition) is 5. The molecule has 1 aromatic heterocycles. The summed E-state index contributed by atoms with van der Waals surface area (Å²) in [7, 11) is 0. The maximum absolute atomic E-state index is 13.6. The zero-order valence-electron chi connectivity index (χ0n) is 24.0. The number of thioether (sulfide) groups is 1. The van der Waals surface area contributed by atoms with E-state index in [1.165, 1.54) is 0 Å². The number of rotatable bonds is 9. The molecule has 0 aliphatic heterocycles. The number of aliphatic hydroxyl groups is 1. The summed E-state index contributed by atoms with van der Waals surface area (Å²) in [4.78, 5) is 31.9. The van der Waals surface area contributed by atoms with Gasteiger partial charge in [-0.2, -0.15) is 0 Å². The zero-order chi connectivity index (χ0) is 29.7. The summed E-state index contributed by atoms with van der Waals surface area (Å²) in [6, 6.07) is 28.5. The van der Waals surface area contributed by atoms with Crippen molar-refractivity contribution in [2.45, 2.75) is 49.8 Å². The third-order valence-electron chi connectivity index (χ3n) is 7.04. The standard InChI is InChI=1S/C35H35N3O3S/c1-35(2,3)38-34(41)29-13-7-6-11-25(29)20-32(39)31(22-42-27-16-15-23-9-4-5-10-24(23)19-27)37-33(40)30-14-8-12-26-21-36-18-17-28(26)30/h4-19,21,31-32,39H,20,22H2,1-3H3,(H,37,40)(H,38,41)/t31?,32-/m1/s1. The molecule has 214 valence electrons. The molecule has 1 unspecified atom stereocenters. The second kappa shape index (κ2) is 12.8. The van der Waals surface area contributed by atoms with Crippen molar-refractivity contribution >= 4 is 45.1 Å². The van der Waals surface area contributed by atoms with Crippen LogP contribution in [-0.2, 0) is 6.42 Å². The summed E-state index contributed by atoms with van der Waals surface area (Å²) in [5.74, 6) is -0.0250. The topological polar surface area (TPSA) is 91.3 Å². The van der Waals surface area contributed by atoms with Crippen LogP contribution in [0.25, 0.3) is 21.5 Å². The summed E-state index contributed by atoms with van der Waals surface area (Å²) >= 11 is 1.58. The van der Waals surface area contributed by atoms with Gasteiger partial charge in [-0.25, -0.2) is 0 Å². The molecular formula is C35H35N3O3S. The lowest BCUT2D eigenvalue weighted by Gasteiger charge is -2.26. The highest BCUT2D eigenvalue weighted by Crippen LogP contribution is 2.26. The second-order valence-corrected chi connectivity index (χ2v) is 12.5. The van der Waals surface area contributed by atoms with Crippen molar-refractivity contribution < 1.29 is 14.7 Å². The van der Waals surface area contributed by atoms with Crippen molar-refractivity contribution in [2.75, 3.05) is 5.75 Å². The number of nitrogens with zero attached hydrogens (tertiary/aromatic N) is 1. The summed E-state index contributed by atoms with van der Waals surface area (Å²) in [5.41, 5.74) is 1.36. The number of pyridine rings is 1. The Balaban J connectivity index is 1.41. The van der Waals surface area contributed by atoms with Crippen LogP contribution in [0.5, 0.6) is 0 Å². The van der Waals surface area contributed by atoms with E-state index >= 15 is 0 Å². The summed E-state index contributed by atoms with van der Waals surface area (Å²) in [6.45, 7) is 5.80. The molecule has 2 amide bonds. The van der Waals surface area contributed by atoms with E-state index in [1.54, 1.807) is 36.3 Å². The lowest BCUT2D eigenvalue weighted by atomic mass is 9.96. The normalized spacial score (nSPS) is 13.0. The van der Waals surface area contributed by atoms with Crippen molar-refractivity contribution in [1.29, 1.82) is 0 Å². The van der Waals surface area contributed by atoms with Crippen molar-refractivity contribution in [3.63, 3.8) is 0 Å². The van der Waals surface area contributed by atoms with Crippen LogP contribution in [0.1, 0.15) is 47.1 Å². The molecule has 0 radical (unpaired) electrons. The van der Waals surface area contributed by atoms with E-state index in [-0.39, 0.29) is 18.2 Å². The van der Waals surface area contributed by atoms with Crippen LogP contribution in [0.2, 0.25) is 0 Å². The number of fused-ring (bicyclic) bond motifs is 2. The van der Waals surface area contributed by atoms with Gasteiger partial charge in [0.1, 0.15) is 0 Å². The van der Waals surface area contributed by atoms with Gasteiger partial charge in [-0.15, -0.1) is 11.8 Å². The first-order valence-corrected chi connectivity index (χ1v) is 15.0. The highest BCUT2D eigenvalue weighted by atomic mass is 32.2. The van der Waals surface area contributed by atoms with E-state index in [0.29, 0.717) is 16.9 Å². The highest BCUT2D eigenvalue weighted by Gasteiger charge is 2.26. The van der Waals surface area contributed by atoms with Gasteiger partial charge in [-0.3, -0.25) is 14.6 Å². The molecule has 1 heterocycles. The quantitative estimate of drug-likeness (QED) is 0.176. The lowest BCUT2D eigenvalue weighted by Crippen LogP contribution is -2.46. The molecule has 3 N–H and O–H groups in total. The predicted molar refractivity (Wildman–Crippen MR) is 171 cm³/mol. The Labute approximate surface area is 250 Å². The van der Waals surface area contributed by atoms with E-state index in [9.17, 15) is 14.7 Å². The number of amides is 2. The van der Waals surface area contributed by atoms with E-state index in [4.69, 9.17) is 0 Å². The fourth-order valence-corrected chi connectivity index (χ4v) is 6.01. The third-order valence-corrected chi connectivity index (χ3v) is 8.15. The number of carbonyl (C=O) groups is 2. The van der Waals surface area contributed by atoms with Gasteiger partial charge >= 0.3 is 0 Å². The Kier molecular flexibility index (Phi) is 8.90. The van der Waals surface area contributed by atoms with Crippen molar-refractivity contribution in [2.24, 2.45) is 0 Å². The maximum atomic E-state index is 13.6. The minimum atomic E-state index is -0.942. The first-order valence-electron chi connectivity index (χ1n) is 14.0. The molecule has 5 aromatic rings. The molecule has 0 fully saturated rings. The first kappa shape index (κ1) is 29.3. The van der Waals surface area contributed by atoms with Gasteiger partial charge in [0.25, 0.3) is 11.8 Å². The Morgan fingerprint density at radius 3 is 2.36 bits per heavy atom. The molecule has 6 nitrogen and oxygen atoms in total. The lowest BCUT2D eigenvalue weighted by molar-refractivity contribution is 0.0851. The van der Waals surface area contributed by atoms with Crippen molar-refractivity contribution in [3.05, 3.63) is 120 Å². The monoisotopic (exact) mass is 577 g/mol. The molecule has 7 heteroatoms. The number of benzene rings is 4. The largest absolute Gasteiger partial charge is 0.391 e. The molecule has 4 aromatic carbocycles. The van der Waals surface area contributed by atoms with Crippen LogP contribution in [0, 0.1) is 0 Å². The number of hydrogen-bond donors (Lipinski definition) is 3. The van der Waals surface area contributed by atoms with Crippen molar-refractivity contribution in [3.8, 4) is 0 Å². The van der Waals surface area contributed by atoms with Gasteiger partial charge in [-0.05, 0) is 72.8 Å². The van der Waals surface area contributed by atoms with Crippen LogP contribution in [0.4, 0.5) is 0 Å². The van der Waals surface area contributed by atoms with Gasteiger partial charge in [0.2, 0.25) is 0 Å². The Morgan fingerprint density at radius 1 is 0.833 bits per heavy atom. The van der Waals surface area contributed by atoms with Gasteiger partial charge in [-0.1, -0.05) is 60.7 Å². The molecule has 5 rings (SSSR count). The fraction of sp³-hybridized carbons (Fsp3) is 0.229. The van der Waals surface area contributed by atoms with Crippen LogP contribution in [-0.4, -0.2) is 45.3 Å². The summed E-state index contributed by atoms with van der Waals surface area (Å²) in [5, 5.41) is 21.7. The molecular weight excluding hydrogens is 542 g/mol. The van der Waals surface area contributed by atoms with E-state index in [0.717, 1.165) is 32.0 Å². The number of aliphatic hydroxyl groups excluding tert-OH is 1. The average molecular weight is 578 g/mol. The number of carbonyl (C=O) groups excluding carboxylic acids is 2. The highest BCUT2D eigenvalue weighted by molar-refractivity contribution is 7.99. The molecule has 0 bridgehead atoms. The van der Waals surface area contributed by atoms with Gasteiger partial charge in [0.15, 0.2) is 0 Å². The van der Waals surface area contributed by atoms with E-state index in [1.807, 2.05) is 69.3 Å². The third kappa shape index (κ3) is 7.16. The van der Waals surface area contributed by atoms with Gasteiger partial charge in [0, 0.05) is 51.5 Å². The second-order valence-electron chi connectivity index (χ2n) is 11.4. The van der Waals surface area contributed by atoms with Crippen LogP contribution in [0.15, 0.2) is 108 Å². The Morgan fingerprint density at radius 2 is 1.55 bits per heavy atom. The molecule has 0 saturated carbocycles. The number of aromatic nitrogens is 1. The Hall–Kier alpha value is -4.20. The van der Waals surface area contributed by atoms with Gasteiger partial charge in [0.05, 0.1) is 12.1 Å². The summed E-state index contributed by atoms with van der Waals surface area (Å²) in [6.07, 6.45) is 2.66. The van der Waals surface area contributed by atoms with E-state index < -0.39 is 17.7 Å². The van der Waals surface area contributed by atoms with E-state index in [2.05, 4.69) is 45.9 Å². The molecule has 0 aliphatic rings. The average Bonchev–Trinajstić information content (AvgIpc) is 2.98. The van der Waals surface area contributed by atoms with Gasteiger partial charge < -0.3 is 15.7 Å². The zero-order valence-corrected chi connectivity index (χ0v) is 24.8. The molecule has 0 aliphatic carbocycles. The van der Waals surface area contributed by atoms with Crippen molar-refractivity contribution in [1.82, 2.24) is 15.6 Å². The van der Waals surface area contributed by atoms with Crippen LogP contribution >= 0.6 is 11.8 Å². The minimum absolute atomic E-state index is 0.194. The smallest absolute Gasteiger partial charge is 0.252 e.